The van der Waals surface area contributed by atoms with Crippen molar-refractivity contribution in [3.05, 3.63) is 17.5 Å². The van der Waals surface area contributed by atoms with Gasteiger partial charge in [-0.2, -0.15) is 5.10 Å². The van der Waals surface area contributed by atoms with Gasteiger partial charge in [0.2, 0.25) is 0 Å². The molecule has 1 aromatic heterocycles. The first-order valence-corrected chi connectivity index (χ1v) is 4.36. The van der Waals surface area contributed by atoms with Gasteiger partial charge in [-0.3, -0.25) is 9.48 Å². The summed E-state index contributed by atoms with van der Waals surface area (Å²) in [6, 6.07) is 0. The highest BCUT2D eigenvalue weighted by molar-refractivity contribution is 5.67. The Hall–Kier alpha value is -1.32. The molecule has 0 saturated carbocycles. The Balaban J connectivity index is 2.73. The van der Waals surface area contributed by atoms with Crippen molar-refractivity contribution in [1.82, 2.24) is 9.78 Å². The summed E-state index contributed by atoms with van der Waals surface area (Å²) in [5.41, 5.74) is 2.17. The fraction of sp³-hybridized carbons (Fsp3) is 0.556. The third-order valence-corrected chi connectivity index (χ3v) is 2.10. The first kappa shape index (κ1) is 9.77. The summed E-state index contributed by atoms with van der Waals surface area (Å²) >= 11 is 0. The predicted molar refractivity (Wildman–Crippen MR) is 48.5 cm³/mol. The van der Waals surface area contributed by atoms with Gasteiger partial charge in [0.25, 0.3) is 0 Å². The van der Waals surface area contributed by atoms with Crippen molar-refractivity contribution in [1.29, 1.82) is 0 Å². The van der Waals surface area contributed by atoms with Crippen LogP contribution < -0.4 is 0 Å². The molecule has 4 nitrogen and oxygen atoms in total. The van der Waals surface area contributed by atoms with Gasteiger partial charge in [0.05, 0.1) is 12.6 Å². The van der Waals surface area contributed by atoms with Crippen LogP contribution in [0.3, 0.4) is 0 Å². The van der Waals surface area contributed by atoms with Gasteiger partial charge < -0.3 is 5.11 Å². The quantitative estimate of drug-likeness (QED) is 0.755. The van der Waals surface area contributed by atoms with Crippen molar-refractivity contribution in [2.75, 3.05) is 0 Å². The molecule has 0 fully saturated rings. The molecule has 13 heavy (non-hydrogen) atoms. The van der Waals surface area contributed by atoms with Crippen molar-refractivity contribution in [2.24, 2.45) is 7.05 Å². The average Bonchev–Trinajstić information content (AvgIpc) is 2.43. The molecule has 0 saturated heterocycles. The van der Waals surface area contributed by atoms with Crippen molar-refractivity contribution >= 4 is 5.97 Å². The van der Waals surface area contributed by atoms with E-state index in [1.807, 2.05) is 14.0 Å². The van der Waals surface area contributed by atoms with E-state index in [-0.39, 0.29) is 6.42 Å². The van der Waals surface area contributed by atoms with Crippen LogP contribution in [0.15, 0.2) is 6.20 Å². The van der Waals surface area contributed by atoms with E-state index in [2.05, 4.69) is 5.10 Å². The van der Waals surface area contributed by atoms with Gasteiger partial charge >= 0.3 is 5.97 Å². The highest BCUT2D eigenvalue weighted by Crippen LogP contribution is 2.10. The van der Waals surface area contributed by atoms with Gasteiger partial charge in [-0.05, 0) is 12.0 Å². The molecule has 0 spiro atoms. The average molecular weight is 182 g/mol. The SMILES string of the molecule is CCc1cnn(C)c1CCC(=O)O. The maximum absolute atomic E-state index is 10.4. The van der Waals surface area contributed by atoms with Gasteiger partial charge in [0.15, 0.2) is 0 Å². The van der Waals surface area contributed by atoms with Crippen LogP contribution in [0.25, 0.3) is 0 Å². The summed E-state index contributed by atoms with van der Waals surface area (Å²) in [6.45, 7) is 2.04. The molecule has 1 heterocycles. The van der Waals surface area contributed by atoms with Crippen molar-refractivity contribution in [3.8, 4) is 0 Å². The Bertz CT molecular complexity index is 305. The molecule has 0 aliphatic rings. The number of aryl methyl sites for hydroxylation is 2. The second-order valence-corrected chi connectivity index (χ2v) is 2.99. The second kappa shape index (κ2) is 4.07. The van der Waals surface area contributed by atoms with Crippen molar-refractivity contribution in [2.45, 2.75) is 26.2 Å². The third kappa shape index (κ3) is 2.31. The highest BCUT2D eigenvalue weighted by Gasteiger charge is 2.08. The molecule has 0 unspecified atom stereocenters. The lowest BCUT2D eigenvalue weighted by molar-refractivity contribution is -0.136. The molecule has 0 aliphatic carbocycles. The topological polar surface area (TPSA) is 55.1 Å². The number of aliphatic carboxylic acids is 1. The zero-order chi connectivity index (χ0) is 9.84. The molecular formula is C9H14N2O2. The summed E-state index contributed by atoms with van der Waals surface area (Å²) in [7, 11) is 1.84. The Kier molecular flexibility index (Phi) is 3.06. The van der Waals surface area contributed by atoms with Crippen LogP contribution in [0, 0.1) is 0 Å². The molecule has 4 heteroatoms. The molecule has 0 amide bonds. The number of carbonyl (C=O) groups is 1. The minimum atomic E-state index is -0.761. The Morgan fingerprint density at radius 1 is 1.69 bits per heavy atom. The van der Waals surface area contributed by atoms with Crippen LogP contribution in [0.5, 0.6) is 0 Å². The van der Waals surface area contributed by atoms with Crippen molar-refractivity contribution in [3.63, 3.8) is 0 Å². The smallest absolute Gasteiger partial charge is 0.303 e. The molecule has 0 radical (unpaired) electrons. The van der Waals surface area contributed by atoms with E-state index in [9.17, 15) is 4.79 Å². The minimum absolute atomic E-state index is 0.173. The first-order chi connectivity index (χ1) is 6.15. The van der Waals surface area contributed by atoms with E-state index in [1.54, 1.807) is 10.9 Å². The molecule has 1 rings (SSSR count). The zero-order valence-electron chi connectivity index (χ0n) is 7.95. The fourth-order valence-corrected chi connectivity index (χ4v) is 1.35. The third-order valence-electron chi connectivity index (χ3n) is 2.10. The molecule has 72 valence electrons. The standard InChI is InChI=1S/C9H14N2O2/c1-3-7-6-10-11(2)8(7)4-5-9(12)13/h6H,3-5H2,1-2H3,(H,12,13). The lowest BCUT2D eigenvalue weighted by Gasteiger charge is -2.02. The van der Waals surface area contributed by atoms with E-state index in [0.29, 0.717) is 6.42 Å². The summed E-state index contributed by atoms with van der Waals surface area (Å²) in [6.07, 6.45) is 3.45. The first-order valence-electron chi connectivity index (χ1n) is 4.36. The minimum Gasteiger partial charge on any atom is -0.481 e. The monoisotopic (exact) mass is 182 g/mol. The molecule has 1 N–H and O–H groups in total. The van der Waals surface area contributed by atoms with Crippen LogP contribution in [0.1, 0.15) is 24.6 Å². The van der Waals surface area contributed by atoms with Gasteiger partial charge in [-0.1, -0.05) is 6.92 Å². The summed E-state index contributed by atoms with van der Waals surface area (Å²) in [4.78, 5) is 10.4. The van der Waals surface area contributed by atoms with Gasteiger partial charge in [-0.25, -0.2) is 0 Å². The molecule has 0 atom stereocenters. The second-order valence-electron chi connectivity index (χ2n) is 2.99. The summed E-state index contributed by atoms with van der Waals surface area (Å²) in [5, 5.41) is 12.6. The summed E-state index contributed by atoms with van der Waals surface area (Å²) < 4.78 is 1.75. The maximum Gasteiger partial charge on any atom is 0.303 e. The number of hydrogen-bond donors (Lipinski definition) is 1. The number of carboxylic acids is 1. The zero-order valence-corrected chi connectivity index (χ0v) is 7.95. The Morgan fingerprint density at radius 3 is 2.92 bits per heavy atom. The lowest BCUT2D eigenvalue weighted by atomic mass is 10.1. The van der Waals surface area contributed by atoms with Crippen LogP contribution in [-0.2, 0) is 24.7 Å². The number of rotatable bonds is 4. The van der Waals surface area contributed by atoms with E-state index < -0.39 is 5.97 Å². The molecule has 0 aliphatic heterocycles. The Labute approximate surface area is 77.2 Å². The van der Waals surface area contributed by atoms with Crippen LogP contribution >= 0.6 is 0 Å². The number of hydrogen-bond acceptors (Lipinski definition) is 2. The lowest BCUT2D eigenvalue weighted by Crippen LogP contribution is -2.04. The normalized spacial score (nSPS) is 10.3. The molecule has 1 aromatic rings. The van der Waals surface area contributed by atoms with E-state index in [0.717, 1.165) is 17.7 Å². The van der Waals surface area contributed by atoms with Crippen LogP contribution in [0.4, 0.5) is 0 Å². The van der Waals surface area contributed by atoms with E-state index >= 15 is 0 Å². The largest absolute Gasteiger partial charge is 0.481 e. The number of carboxylic acid groups (broad SMARTS) is 1. The van der Waals surface area contributed by atoms with E-state index in [1.165, 1.54) is 0 Å². The maximum atomic E-state index is 10.4. The Morgan fingerprint density at radius 2 is 2.38 bits per heavy atom. The molecule has 0 aromatic carbocycles. The number of nitrogens with zero attached hydrogens (tertiary/aromatic N) is 2. The predicted octanol–water partition coefficient (Wildman–Crippen LogP) is 1.000. The van der Waals surface area contributed by atoms with Gasteiger partial charge in [0, 0.05) is 19.2 Å². The molecule has 0 bridgehead atoms. The summed E-state index contributed by atoms with van der Waals surface area (Å²) in [5.74, 6) is -0.761. The molecular weight excluding hydrogens is 168 g/mol. The highest BCUT2D eigenvalue weighted by atomic mass is 16.4. The van der Waals surface area contributed by atoms with Gasteiger partial charge in [0.1, 0.15) is 0 Å². The van der Waals surface area contributed by atoms with Crippen molar-refractivity contribution < 1.29 is 9.90 Å². The van der Waals surface area contributed by atoms with Gasteiger partial charge in [-0.15, -0.1) is 0 Å². The van der Waals surface area contributed by atoms with Crippen LogP contribution in [0.2, 0.25) is 0 Å². The van der Waals surface area contributed by atoms with Crippen LogP contribution in [-0.4, -0.2) is 20.9 Å². The van der Waals surface area contributed by atoms with E-state index in [4.69, 9.17) is 5.11 Å². The fourth-order valence-electron chi connectivity index (χ4n) is 1.35. The number of aromatic nitrogens is 2.